The Bertz CT molecular complexity index is 989. The van der Waals surface area contributed by atoms with Crippen molar-refractivity contribution in [3.63, 3.8) is 0 Å². The van der Waals surface area contributed by atoms with E-state index in [0.717, 1.165) is 23.4 Å². The van der Waals surface area contributed by atoms with Gasteiger partial charge in [-0.3, -0.25) is 9.10 Å². The predicted molar refractivity (Wildman–Crippen MR) is 112 cm³/mol. The third kappa shape index (κ3) is 5.48. The summed E-state index contributed by atoms with van der Waals surface area (Å²) in [7, 11) is -2.20. The third-order valence-corrected chi connectivity index (χ3v) is 6.03. The largest absolute Gasteiger partial charge is 0.496 e. The van der Waals surface area contributed by atoms with Crippen LogP contribution in [0, 0.1) is 5.82 Å². The van der Waals surface area contributed by atoms with Crippen LogP contribution in [0.2, 0.25) is 0 Å². The number of carbonyl (C=O) groups excluding carboxylic acids is 1. The standard InChI is InChI=1S/C21H25FN2O5S/c1-28-20-10-5-15(21(25)23-13-19-4-3-11-29-19)12-16(20)14-24(30(2,26)27)18-8-6-17(22)7-9-18/h5-10,12,19H,3-4,11,13-14H2,1-2H3,(H,23,25). The summed E-state index contributed by atoms with van der Waals surface area (Å²) >= 11 is 0. The van der Waals surface area contributed by atoms with E-state index in [1.807, 2.05) is 0 Å². The van der Waals surface area contributed by atoms with Gasteiger partial charge in [-0.2, -0.15) is 0 Å². The normalized spacial score (nSPS) is 16.3. The van der Waals surface area contributed by atoms with Gasteiger partial charge in [-0.1, -0.05) is 0 Å². The van der Waals surface area contributed by atoms with Crippen LogP contribution < -0.4 is 14.4 Å². The predicted octanol–water partition coefficient (Wildman–Crippen LogP) is 2.71. The van der Waals surface area contributed by atoms with E-state index in [2.05, 4.69) is 5.32 Å². The fourth-order valence-corrected chi connectivity index (χ4v) is 4.20. The Morgan fingerprint density at radius 2 is 2.00 bits per heavy atom. The number of ether oxygens (including phenoxy) is 2. The molecule has 3 rings (SSSR count). The first-order valence-corrected chi connectivity index (χ1v) is 11.4. The fraction of sp³-hybridized carbons (Fsp3) is 0.381. The smallest absolute Gasteiger partial charge is 0.251 e. The molecule has 162 valence electrons. The van der Waals surface area contributed by atoms with Gasteiger partial charge in [0.05, 0.1) is 31.7 Å². The molecule has 0 aliphatic carbocycles. The molecule has 30 heavy (non-hydrogen) atoms. The van der Waals surface area contributed by atoms with Gasteiger partial charge in [0.15, 0.2) is 0 Å². The van der Waals surface area contributed by atoms with E-state index in [0.29, 0.717) is 35.7 Å². The zero-order chi connectivity index (χ0) is 21.7. The Balaban J connectivity index is 1.84. The van der Waals surface area contributed by atoms with Crippen LogP contribution in [-0.2, 0) is 21.3 Å². The summed E-state index contributed by atoms with van der Waals surface area (Å²) in [6.07, 6.45) is 2.99. The Morgan fingerprint density at radius 1 is 1.27 bits per heavy atom. The zero-order valence-electron chi connectivity index (χ0n) is 16.9. The lowest BCUT2D eigenvalue weighted by atomic mass is 10.1. The molecule has 1 aliphatic heterocycles. The van der Waals surface area contributed by atoms with Crippen molar-refractivity contribution in [1.82, 2.24) is 5.32 Å². The molecule has 2 aromatic rings. The Hall–Kier alpha value is -2.65. The van der Waals surface area contributed by atoms with Gasteiger partial charge in [-0.25, -0.2) is 12.8 Å². The number of hydrogen-bond acceptors (Lipinski definition) is 5. The molecule has 1 saturated heterocycles. The summed E-state index contributed by atoms with van der Waals surface area (Å²) in [5, 5.41) is 2.85. The van der Waals surface area contributed by atoms with E-state index in [4.69, 9.17) is 9.47 Å². The van der Waals surface area contributed by atoms with Gasteiger partial charge in [0.25, 0.3) is 5.91 Å². The van der Waals surface area contributed by atoms with Crippen LogP contribution in [0.3, 0.4) is 0 Å². The summed E-state index contributed by atoms with van der Waals surface area (Å²) in [6, 6.07) is 10.0. The molecule has 1 atom stereocenters. The van der Waals surface area contributed by atoms with Gasteiger partial charge in [0.2, 0.25) is 10.0 Å². The molecule has 0 saturated carbocycles. The molecule has 1 amide bonds. The maximum atomic E-state index is 13.3. The molecule has 1 fully saturated rings. The van der Waals surface area contributed by atoms with Gasteiger partial charge in [0, 0.05) is 24.3 Å². The number of halogens is 1. The highest BCUT2D eigenvalue weighted by atomic mass is 32.2. The molecule has 0 aromatic heterocycles. The zero-order valence-corrected chi connectivity index (χ0v) is 17.7. The number of methoxy groups -OCH3 is 1. The number of carbonyl (C=O) groups is 1. The quantitative estimate of drug-likeness (QED) is 0.688. The van der Waals surface area contributed by atoms with Crippen LogP contribution in [0.4, 0.5) is 10.1 Å². The lowest BCUT2D eigenvalue weighted by Crippen LogP contribution is -2.32. The van der Waals surface area contributed by atoms with Gasteiger partial charge in [-0.15, -0.1) is 0 Å². The lowest BCUT2D eigenvalue weighted by Gasteiger charge is -2.24. The van der Waals surface area contributed by atoms with Crippen molar-refractivity contribution in [3.05, 3.63) is 59.4 Å². The van der Waals surface area contributed by atoms with E-state index in [-0.39, 0.29) is 18.6 Å². The van der Waals surface area contributed by atoms with E-state index in [1.54, 1.807) is 18.2 Å². The van der Waals surface area contributed by atoms with E-state index in [1.165, 1.54) is 31.4 Å². The monoisotopic (exact) mass is 436 g/mol. The first-order valence-electron chi connectivity index (χ1n) is 9.58. The molecular formula is C21H25FN2O5S. The summed E-state index contributed by atoms with van der Waals surface area (Å²) < 4.78 is 50.1. The molecule has 1 heterocycles. The van der Waals surface area contributed by atoms with Crippen molar-refractivity contribution in [1.29, 1.82) is 0 Å². The number of rotatable bonds is 8. The number of nitrogens with zero attached hydrogens (tertiary/aromatic N) is 1. The number of nitrogens with one attached hydrogen (secondary N) is 1. The maximum Gasteiger partial charge on any atom is 0.251 e. The van der Waals surface area contributed by atoms with Crippen LogP contribution in [0.15, 0.2) is 42.5 Å². The van der Waals surface area contributed by atoms with Crippen LogP contribution in [0.5, 0.6) is 5.75 Å². The lowest BCUT2D eigenvalue weighted by molar-refractivity contribution is 0.0857. The average molecular weight is 437 g/mol. The minimum absolute atomic E-state index is 0.0193. The summed E-state index contributed by atoms with van der Waals surface area (Å²) in [4.78, 5) is 12.6. The topological polar surface area (TPSA) is 84.9 Å². The van der Waals surface area contributed by atoms with Crippen molar-refractivity contribution < 1.29 is 27.1 Å². The first kappa shape index (κ1) is 22.0. The van der Waals surface area contributed by atoms with E-state index < -0.39 is 15.8 Å². The SMILES string of the molecule is COc1ccc(C(=O)NCC2CCCO2)cc1CN(c1ccc(F)cc1)S(C)(=O)=O. The molecule has 0 radical (unpaired) electrons. The van der Waals surface area contributed by atoms with Gasteiger partial charge >= 0.3 is 0 Å². The minimum Gasteiger partial charge on any atom is -0.496 e. The Morgan fingerprint density at radius 3 is 2.60 bits per heavy atom. The first-order chi connectivity index (χ1) is 14.3. The van der Waals surface area contributed by atoms with Crippen molar-refractivity contribution in [2.24, 2.45) is 0 Å². The van der Waals surface area contributed by atoms with Crippen molar-refractivity contribution in [3.8, 4) is 5.75 Å². The number of amides is 1. The van der Waals surface area contributed by atoms with Gasteiger partial charge in [-0.05, 0) is 55.3 Å². The molecule has 0 bridgehead atoms. The maximum absolute atomic E-state index is 13.3. The van der Waals surface area contributed by atoms with Gasteiger partial charge in [0.1, 0.15) is 11.6 Å². The van der Waals surface area contributed by atoms with Crippen LogP contribution >= 0.6 is 0 Å². The van der Waals surface area contributed by atoms with Crippen LogP contribution in [0.1, 0.15) is 28.8 Å². The highest BCUT2D eigenvalue weighted by molar-refractivity contribution is 7.92. The fourth-order valence-electron chi connectivity index (χ4n) is 3.32. The van der Waals surface area contributed by atoms with Gasteiger partial charge < -0.3 is 14.8 Å². The Kier molecular flexibility index (Phi) is 6.94. The van der Waals surface area contributed by atoms with Crippen molar-refractivity contribution in [2.75, 3.05) is 30.8 Å². The highest BCUT2D eigenvalue weighted by Crippen LogP contribution is 2.27. The summed E-state index contributed by atoms with van der Waals surface area (Å²) in [6.45, 7) is 1.06. The third-order valence-electron chi connectivity index (χ3n) is 4.89. The number of benzene rings is 2. The van der Waals surface area contributed by atoms with Crippen LogP contribution in [-0.4, -0.2) is 46.9 Å². The second-order valence-electron chi connectivity index (χ2n) is 7.12. The van der Waals surface area contributed by atoms with Crippen molar-refractivity contribution in [2.45, 2.75) is 25.5 Å². The molecule has 9 heteroatoms. The number of hydrogen-bond donors (Lipinski definition) is 1. The van der Waals surface area contributed by atoms with Crippen molar-refractivity contribution >= 4 is 21.6 Å². The molecule has 0 spiro atoms. The highest BCUT2D eigenvalue weighted by Gasteiger charge is 2.22. The molecule has 1 N–H and O–H groups in total. The summed E-state index contributed by atoms with van der Waals surface area (Å²) in [5.41, 5.74) is 1.21. The molecule has 7 nitrogen and oxygen atoms in total. The number of sulfonamides is 1. The molecule has 2 aromatic carbocycles. The molecule has 1 aliphatic rings. The molecule has 1 unspecified atom stereocenters. The average Bonchev–Trinajstić information content (AvgIpc) is 3.23. The van der Waals surface area contributed by atoms with E-state index >= 15 is 0 Å². The Labute approximate surface area is 175 Å². The van der Waals surface area contributed by atoms with E-state index in [9.17, 15) is 17.6 Å². The second kappa shape index (κ2) is 9.44. The number of anilines is 1. The van der Waals surface area contributed by atoms with Crippen LogP contribution in [0.25, 0.3) is 0 Å². The summed E-state index contributed by atoms with van der Waals surface area (Å²) in [5.74, 6) is -0.293. The minimum atomic E-state index is -3.67. The second-order valence-corrected chi connectivity index (χ2v) is 9.02. The molecular weight excluding hydrogens is 411 g/mol.